The normalized spacial score (nSPS) is 18.9. The number of piperidine rings is 2. The predicted octanol–water partition coefficient (Wildman–Crippen LogP) is 8.48. The molecule has 2 aliphatic rings. The zero-order valence-electron chi connectivity index (χ0n) is 29.9. The smallest absolute Gasteiger partial charge is 0.410 e. The lowest BCUT2D eigenvalue weighted by molar-refractivity contribution is -0.123. The molecule has 2 N–H and O–H groups in total. The molecule has 2 atom stereocenters. The summed E-state index contributed by atoms with van der Waals surface area (Å²) in [6.45, 7) is 15.4. The fourth-order valence-electron chi connectivity index (χ4n) is 6.70. The van der Waals surface area contributed by atoms with Crippen LogP contribution < -0.4 is 10.6 Å². The molecule has 9 heteroatoms. The van der Waals surface area contributed by atoms with Gasteiger partial charge in [-0.05, 0) is 112 Å². The number of amides is 3. The Balaban J connectivity index is 1.36. The van der Waals surface area contributed by atoms with Crippen molar-refractivity contribution in [2.45, 2.75) is 97.2 Å². The summed E-state index contributed by atoms with van der Waals surface area (Å²) in [5, 5.41) is 6.72. The van der Waals surface area contributed by atoms with E-state index < -0.39 is 29.3 Å². The van der Waals surface area contributed by atoms with Gasteiger partial charge in [0.05, 0.1) is 17.5 Å². The van der Waals surface area contributed by atoms with E-state index in [1.807, 2.05) is 63.2 Å². The molecular formula is C40H51FN4O4. The third-order valence-electron chi connectivity index (χ3n) is 9.35. The first-order valence-corrected chi connectivity index (χ1v) is 17.4. The van der Waals surface area contributed by atoms with Crippen LogP contribution in [-0.2, 0) is 14.9 Å². The molecule has 0 aromatic heterocycles. The average Bonchev–Trinajstić information content (AvgIpc) is 3.04. The molecule has 262 valence electrons. The Morgan fingerprint density at radius 1 is 0.837 bits per heavy atom. The van der Waals surface area contributed by atoms with Gasteiger partial charge in [-0.1, -0.05) is 51.1 Å². The molecule has 2 heterocycles. The molecule has 0 spiro atoms. The van der Waals surface area contributed by atoms with Gasteiger partial charge in [-0.15, -0.1) is 0 Å². The third kappa shape index (κ3) is 8.99. The van der Waals surface area contributed by atoms with Crippen LogP contribution in [0.1, 0.15) is 100 Å². The van der Waals surface area contributed by atoms with Crippen LogP contribution in [0.5, 0.6) is 0 Å². The number of hydrogen-bond donors (Lipinski definition) is 2. The largest absolute Gasteiger partial charge is 0.444 e. The van der Waals surface area contributed by atoms with Crippen molar-refractivity contribution in [3.8, 4) is 0 Å². The Bertz CT molecular complexity index is 1650. The number of hydrogen-bond acceptors (Lipinski definition) is 5. The molecule has 49 heavy (non-hydrogen) atoms. The fraction of sp³-hybridized carbons (Fsp3) is 0.475. The Kier molecular flexibility index (Phi) is 10.7. The van der Waals surface area contributed by atoms with Gasteiger partial charge >= 0.3 is 6.09 Å². The number of nitrogens with zero attached hydrogens (tertiary/aromatic N) is 2. The van der Waals surface area contributed by atoms with E-state index in [2.05, 4.69) is 37.5 Å². The van der Waals surface area contributed by atoms with E-state index in [1.165, 1.54) is 12.1 Å². The Labute approximate surface area is 290 Å². The molecular weight excluding hydrogens is 619 g/mol. The second-order valence-electron chi connectivity index (χ2n) is 15.5. The lowest BCUT2D eigenvalue weighted by Gasteiger charge is -2.41. The molecule has 3 aromatic carbocycles. The standard InChI is InChI=1S/C40H51FN4O4/c1-26-13-18-32(34(41)24-26)37(47)45-21-9-12-33(36(46)43-31-11-8-10-28(25-31)39(2,3)4)35(45)27-14-16-29(17-15-27)42-30-19-22-44(23-20-30)38(48)49-40(5,6)7/h8,10-11,13-18,24-25,30,33,35,42H,9,12,19-23H2,1-7H3,(H,43,46). The van der Waals surface area contributed by atoms with Crippen LogP contribution in [0.4, 0.5) is 20.6 Å². The number of benzene rings is 3. The minimum absolute atomic E-state index is 0.00514. The SMILES string of the molecule is Cc1ccc(C(=O)N2CCCC(C(=O)Nc3cccc(C(C)(C)C)c3)C2c2ccc(NC3CCN(C(=O)OC(C)(C)C)CC3)cc2)c(F)c1. The first kappa shape index (κ1) is 35.9. The highest BCUT2D eigenvalue weighted by atomic mass is 19.1. The van der Waals surface area contributed by atoms with Crippen LogP contribution >= 0.6 is 0 Å². The van der Waals surface area contributed by atoms with E-state index >= 15 is 4.39 Å². The maximum Gasteiger partial charge on any atom is 0.410 e. The number of carbonyl (C=O) groups excluding carboxylic acids is 3. The summed E-state index contributed by atoms with van der Waals surface area (Å²) in [7, 11) is 0. The number of anilines is 2. The number of ether oxygens (including phenoxy) is 1. The Hall–Kier alpha value is -4.40. The number of likely N-dealkylation sites (tertiary alicyclic amines) is 2. The minimum atomic E-state index is -0.584. The van der Waals surface area contributed by atoms with Crippen molar-refractivity contribution in [1.29, 1.82) is 0 Å². The van der Waals surface area contributed by atoms with E-state index in [0.717, 1.165) is 35.2 Å². The van der Waals surface area contributed by atoms with Gasteiger partial charge in [-0.2, -0.15) is 0 Å². The third-order valence-corrected chi connectivity index (χ3v) is 9.35. The summed E-state index contributed by atoms with van der Waals surface area (Å²) in [5.41, 5.74) is 3.67. The maximum absolute atomic E-state index is 15.1. The zero-order valence-corrected chi connectivity index (χ0v) is 29.9. The summed E-state index contributed by atoms with van der Waals surface area (Å²) in [5.74, 6) is -1.70. The molecule has 3 aromatic rings. The molecule has 0 radical (unpaired) electrons. The number of carbonyl (C=O) groups is 3. The highest BCUT2D eigenvalue weighted by Gasteiger charge is 2.40. The summed E-state index contributed by atoms with van der Waals surface area (Å²) >= 11 is 0. The van der Waals surface area contributed by atoms with E-state index in [-0.39, 0.29) is 29.0 Å². The first-order chi connectivity index (χ1) is 23.1. The van der Waals surface area contributed by atoms with Crippen molar-refractivity contribution in [2.75, 3.05) is 30.3 Å². The van der Waals surface area contributed by atoms with Gasteiger partial charge in [0.15, 0.2) is 0 Å². The van der Waals surface area contributed by atoms with Crippen molar-refractivity contribution < 1.29 is 23.5 Å². The average molecular weight is 671 g/mol. The summed E-state index contributed by atoms with van der Waals surface area (Å²) in [4.78, 5) is 43.9. The summed E-state index contributed by atoms with van der Waals surface area (Å²) in [6.07, 6.45) is 2.50. The molecule has 0 bridgehead atoms. The summed E-state index contributed by atoms with van der Waals surface area (Å²) < 4.78 is 20.6. The maximum atomic E-state index is 15.1. The lowest BCUT2D eigenvalue weighted by Crippen LogP contribution is -2.46. The predicted molar refractivity (Wildman–Crippen MR) is 192 cm³/mol. The van der Waals surface area contributed by atoms with Crippen molar-refractivity contribution in [3.05, 3.63) is 94.8 Å². The van der Waals surface area contributed by atoms with Gasteiger partial charge in [0, 0.05) is 37.1 Å². The highest BCUT2D eigenvalue weighted by molar-refractivity contribution is 5.97. The van der Waals surface area contributed by atoms with E-state index in [1.54, 1.807) is 22.8 Å². The molecule has 0 saturated carbocycles. The van der Waals surface area contributed by atoms with Gasteiger partial charge in [-0.25, -0.2) is 9.18 Å². The number of aryl methyl sites for hydroxylation is 1. The molecule has 3 amide bonds. The van der Waals surface area contributed by atoms with Crippen molar-refractivity contribution >= 4 is 29.3 Å². The molecule has 2 unspecified atom stereocenters. The fourth-order valence-corrected chi connectivity index (χ4v) is 6.70. The zero-order chi connectivity index (χ0) is 35.5. The van der Waals surface area contributed by atoms with Crippen molar-refractivity contribution in [3.63, 3.8) is 0 Å². The van der Waals surface area contributed by atoms with Gasteiger partial charge in [-0.3, -0.25) is 9.59 Å². The van der Waals surface area contributed by atoms with Gasteiger partial charge < -0.3 is 25.2 Å². The number of nitrogens with one attached hydrogen (secondary N) is 2. The Morgan fingerprint density at radius 3 is 2.16 bits per heavy atom. The van der Waals surface area contributed by atoms with Crippen LogP contribution in [0.3, 0.4) is 0 Å². The van der Waals surface area contributed by atoms with Crippen LogP contribution in [0.2, 0.25) is 0 Å². The van der Waals surface area contributed by atoms with E-state index in [4.69, 9.17) is 4.74 Å². The van der Waals surface area contributed by atoms with Gasteiger partial charge in [0.1, 0.15) is 11.4 Å². The van der Waals surface area contributed by atoms with Crippen LogP contribution in [0.15, 0.2) is 66.7 Å². The highest BCUT2D eigenvalue weighted by Crippen LogP contribution is 2.39. The Morgan fingerprint density at radius 2 is 1.53 bits per heavy atom. The quantitative estimate of drug-likeness (QED) is 0.275. The van der Waals surface area contributed by atoms with E-state index in [0.29, 0.717) is 38.2 Å². The number of halogens is 1. The van der Waals surface area contributed by atoms with Crippen LogP contribution in [-0.4, -0.2) is 59.0 Å². The van der Waals surface area contributed by atoms with Crippen LogP contribution in [0.25, 0.3) is 0 Å². The second-order valence-corrected chi connectivity index (χ2v) is 15.5. The van der Waals surface area contributed by atoms with Gasteiger partial charge in [0.25, 0.3) is 5.91 Å². The second kappa shape index (κ2) is 14.6. The minimum Gasteiger partial charge on any atom is -0.444 e. The molecule has 2 aliphatic heterocycles. The first-order valence-electron chi connectivity index (χ1n) is 17.4. The molecule has 0 aliphatic carbocycles. The van der Waals surface area contributed by atoms with Crippen molar-refractivity contribution in [2.24, 2.45) is 5.92 Å². The van der Waals surface area contributed by atoms with Crippen LogP contribution in [0, 0.1) is 18.7 Å². The molecule has 5 rings (SSSR count). The molecule has 2 fully saturated rings. The molecule has 2 saturated heterocycles. The van der Waals surface area contributed by atoms with Gasteiger partial charge in [0.2, 0.25) is 5.91 Å². The van der Waals surface area contributed by atoms with Crippen molar-refractivity contribution in [1.82, 2.24) is 9.80 Å². The summed E-state index contributed by atoms with van der Waals surface area (Å²) in [6, 6.07) is 20.0. The van der Waals surface area contributed by atoms with E-state index in [9.17, 15) is 14.4 Å². The molecule has 8 nitrogen and oxygen atoms in total. The number of rotatable bonds is 6. The lowest BCUT2D eigenvalue weighted by atomic mass is 9.83. The monoisotopic (exact) mass is 670 g/mol. The topological polar surface area (TPSA) is 91.0 Å².